The van der Waals surface area contributed by atoms with Crippen molar-refractivity contribution in [1.29, 1.82) is 0 Å². The zero-order valence-corrected chi connectivity index (χ0v) is 12.0. The highest BCUT2D eigenvalue weighted by Gasteiger charge is 2.46. The van der Waals surface area contributed by atoms with Gasteiger partial charge in [0.15, 0.2) is 0 Å². The predicted octanol–water partition coefficient (Wildman–Crippen LogP) is 2.44. The van der Waals surface area contributed by atoms with Gasteiger partial charge < -0.3 is 10.0 Å². The van der Waals surface area contributed by atoms with Crippen LogP contribution < -0.4 is 0 Å². The van der Waals surface area contributed by atoms with Crippen LogP contribution in [-0.2, 0) is 11.2 Å². The van der Waals surface area contributed by atoms with Gasteiger partial charge in [-0.15, -0.1) is 0 Å². The van der Waals surface area contributed by atoms with Crippen molar-refractivity contribution in [2.24, 2.45) is 5.92 Å². The number of hydrogen-bond donors (Lipinski definition) is 1. The molecule has 1 amide bonds. The van der Waals surface area contributed by atoms with E-state index >= 15 is 0 Å². The van der Waals surface area contributed by atoms with Crippen molar-refractivity contribution in [3.05, 3.63) is 22.4 Å². The molecule has 1 aromatic heterocycles. The number of likely N-dealkylation sites (tertiary alicyclic amines) is 1. The van der Waals surface area contributed by atoms with Gasteiger partial charge >= 0.3 is 0 Å². The predicted molar refractivity (Wildman–Crippen MR) is 76.1 cm³/mol. The van der Waals surface area contributed by atoms with Crippen molar-refractivity contribution in [2.75, 3.05) is 13.2 Å². The van der Waals surface area contributed by atoms with Crippen molar-refractivity contribution in [2.45, 2.75) is 44.1 Å². The van der Waals surface area contributed by atoms with E-state index in [4.69, 9.17) is 0 Å². The lowest BCUT2D eigenvalue weighted by Crippen LogP contribution is -2.50. The highest BCUT2D eigenvalue weighted by Crippen LogP contribution is 2.43. The first kappa shape index (κ1) is 13.1. The van der Waals surface area contributed by atoms with Crippen LogP contribution in [0, 0.1) is 5.92 Å². The van der Waals surface area contributed by atoms with Crippen LogP contribution in [0.15, 0.2) is 16.8 Å². The smallest absolute Gasteiger partial charge is 0.227 e. The summed E-state index contributed by atoms with van der Waals surface area (Å²) < 4.78 is 0. The number of thiophene rings is 1. The summed E-state index contributed by atoms with van der Waals surface area (Å²) in [6, 6.07) is 2.01. The van der Waals surface area contributed by atoms with Crippen LogP contribution in [0.25, 0.3) is 0 Å². The minimum Gasteiger partial charge on any atom is -0.394 e. The summed E-state index contributed by atoms with van der Waals surface area (Å²) in [5.74, 6) is 0.923. The Morgan fingerprint density at radius 2 is 2.37 bits per heavy atom. The van der Waals surface area contributed by atoms with Crippen molar-refractivity contribution >= 4 is 17.2 Å². The zero-order chi connectivity index (χ0) is 13.3. The molecule has 1 unspecified atom stereocenters. The lowest BCUT2D eigenvalue weighted by Gasteiger charge is -2.37. The third kappa shape index (κ3) is 2.70. The van der Waals surface area contributed by atoms with E-state index in [1.54, 1.807) is 11.3 Å². The van der Waals surface area contributed by atoms with Gasteiger partial charge in [0.05, 0.1) is 18.6 Å². The fourth-order valence-electron chi connectivity index (χ4n) is 3.29. The highest BCUT2D eigenvalue weighted by molar-refractivity contribution is 7.07. The Balaban J connectivity index is 1.71. The van der Waals surface area contributed by atoms with Crippen molar-refractivity contribution in [3.8, 4) is 0 Å². The van der Waals surface area contributed by atoms with Crippen LogP contribution in [0.5, 0.6) is 0 Å². The van der Waals surface area contributed by atoms with Gasteiger partial charge in [0.25, 0.3) is 0 Å². The summed E-state index contributed by atoms with van der Waals surface area (Å²) in [4.78, 5) is 14.5. The van der Waals surface area contributed by atoms with E-state index in [1.807, 2.05) is 21.7 Å². The number of carbonyl (C=O) groups is 1. The molecular formula is C15H21NO2S. The Morgan fingerprint density at radius 1 is 1.53 bits per heavy atom. The third-order valence-corrected chi connectivity index (χ3v) is 5.22. The molecule has 4 heteroatoms. The van der Waals surface area contributed by atoms with Gasteiger partial charge in [0.1, 0.15) is 0 Å². The molecule has 19 heavy (non-hydrogen) atoms. The number of hydrogen-bond acceptors (Lipinski definition) is 3. The maximum Gasteiger partial charge on any atom is 0.227 e. The summed E-state index contributed by atoms with van der Waals surface area (Å²) in [5.41, 5.74) is 0.842. The van der Waals surface area contributed by atoms with Crippen molar-refractivity contribution < 1.29 is 9.90 Å². The number of nitrogens with zero attached hydrogens (tertiary/aromatic N) is 1. The quantitative estimate of drug-likeness (QED) is 0.899. The first-order valence-electron chi connectivity index (χ1n) is 7.16. The molecule has 3 nitrogen and oxygen atoms in total. The summed E-state index contributed by atoms with van der Waals surface area (Å²) in [7, 11) is 0. The molecule has 0 aromatic carbocycles. The van der Waals surface area contributed by atoms with E-state index in [1.165, 1.54) is 12.8 Å². The molecular weight excluding hydrogens is 258 g/mol. The molecule has 0 bridgehead atoms. The largest absolute Gasteiger partial charge is 0.394 e. The SMILES string of the molecule is O=C(Cc1ccsc1)N1CCCC1(CO)CC1CC1. The van der Waals surface area contributed by atoms with E-state index in [9.17, 15) is 9.90 Å². The molecule has 0 radical (unpaired) electrons. The summed E-state index contributed by atoms with van der Waals surface area (Å²) in [6.07, 6.45) is 6.02. The molecule has 1 aliphatic carbocycles. The molecule has 2 heterocycles. The van der Waals surface area contributed by atoms with E-state index < -0.39 is 0 Å². The van der Waals surface area contributed by atoms with E-state index in [-0.39, 0.29) is 18.1 Å². The molecule has 1 saturated carbocycles. The molecule has 3 rings (SSSR count). The first-order valence-corrected chi connectivity index (χ1v) is 8.10. The second-order valence-electron chi connectivity index (χ2n) is 5.99. The molecule has 1 saturated heterocycles. The minimum absolute atomic E-state index is 0.124. The Bertz CT molecular complexity index is 441. The third-order valence-electron chi connectivity index (χ3n) is 4.49. The first-order chi connectivity index (χ1) is 9.23. The number of amides is 1. The fraction of sp³-hybridized carbons (Fsp3) is 0.667. The zero-order valence-electron chi connectivity index (χ0n) is 11.2. The normalized spacial score (nSPS) is 26.9. The molecule has 0 spiro atoms. The molecule has 2 aliphatic rings. The van der Waals surface area contributed by atoms with Gasteiger partial charge in [-0.2, -0.15) is 11.3 Å². The lowest BCUT2D eigenvalue weighted by molar-refractivity contribution is -0.136. The summed E-state index contributed by atoms with van der Waals surface area (Å²) >= 11 is 1.63. The summed E-state index contributed by atoms with van der Waals surface area (Å²) in [5, 5.41) is 13.9. The molecule has 1 N–H and O–H groups in total. The van der Waals surface area contributed by atoms with E-state index in [0.717, 1.165) is 37.3 Å². The maximum absolute atomic E-state index is 12.5. The van der Waals surface area contributed by atoms with Crippen molar-refractivity contribution in [1.82, 2.24) is 4.90 Å². The number of rotatable bonds is 5. The van der Waals surface area contributed by atoms with Crippen LogP contribution >= 0.6 is 11.3 Å². The van der Waals surface area contributed by atoms with Gasteiger partial charge in [-0.25, -0.2) is 0 Å². The van der Waals surface area contributed by atoms with Crippen molar-refractivity contribution in [3.63, 3.8) is 0 Å². The van der Waals surface area contributed by atoms with Crippen LogP contribution in [-0.4, -0.2) is 34.6 Å². The van der Waals surface area contributed by atoms with Crippen LogP contribution in [0.4, 0.5) is 0 Å². The van der Waals surface area contributed by atoms with Gasteiger partial charge in [-0.3, -0.25) is 4.79 Å². The Labute approximate surface area is 118 Å². The second kappa shape index (κ2) is 5.25. The minimum atomic E-state index is -0.256. The molecule has 2 fully saturated rings. The van der Waals surface area contributed by atoms with Crippen LogP contribution in [0.1, 0.15) is 37.7 Å². The van der Waals surface area contributed by atoms with Gasteiger partial charge in [-0.1, -0.05) is 12.8 Å². The average Bonchev–Trinajstić information content (AvgIpc) is 2.91. The molecule has 104 valence electrons. The highest BCUT2D eigenvalue weighted by atomic mass is 32.1. The molecule has 1 aliphatic heterocycles. The number of aliphatic hydroxyl groups is 1. The second-order valence-corrected chi connectivity index (χ2v) is 6.77. The van der Waals surface area contributed by atoms with Crippen LogP contribution in [0.2, 0.25) is 0 Å². The Kier molecular flexibility index (Phi) is 3.63. The molecule has 1 atom stereocenters. The van der Waals surface area contributed by atoms with Crippen LogP contribution in [0.3, 0.4) is 0 Å². The lowest BCUT2D eigenvalue weighted by atomic mass is 9.90. The Morgan fingerprint density at radius 3 is 3.00 bits per heavy atom. The van der Waals surface area contributed by atoms with Gasteiger partial charge in [-0.05, 0) is 47.6 Å². The Hall–Kier alpha value is -0.870. The topological polar surface area (TPSA) is 40.5 Å². The maximum atomic E-state index is 12.5. The number of aliphatic hydroxyl groups excluding tert-OH is 1. The fourth-order valence-corrected chi connectivity index (χ4v) is 3.96. The van der Waals surface area contributed by atoms with E-state index in [0.29, 0.717) is 6.42 Å². The van der Waals surface area contributed by atoms with E-state index in [2.05, 4.69) is 0 Å². The van der Waals surface area contributed by atoms with Gasteiger partial charge in [0.2, 0.25) is 5.91 Å². The van der Waals surface area contributed by atoms with Gasteiger partial charge in [0, 0.05) is 6.54 Å². The summed E-state index contributed by atoms with van der Waals surface area (Å²) in [6.45, 7) is 0.940. The standard InChI is InChI=1S/C15H21NO2S/c17-11-15(9-12-2-3-12)5-1-6-16(15)14(18)8-13-4-7-19-10-13/h4,7,10,12,17H,1-3,5-6,8-9,11H2. The molecule has 1 aromatic rings. The average molecular weight is 279 g/mol. The number of carbonyl (C=O) groups excluding carboxylic acids is 1. The monoisotopic (exact) mass is 279 g/mol.